The van der Waals surface area contributed by atoms with Gasteiger partial charge in [0.1, 0.15) is 0 Å². The van der Waals surface area contributed by atoms with Crippen molar-refractivity contribution in [2.75, 3.05) is 7.05 Å². The summed E-state index contributed by atoms with van der Waals surface area (Å²) in [6, 6.07) is 90.9. The molecule has 0 saturated carbocycles. The van der Waals surface area contributed by atoms with Crippen LogP contribution in [0.3, 0.4) is 0 Å². The molecule has 0 bridgehead atoms. The van der Waals surface area contributed by atoms with Crippen LogP contribution in [-0.4, -0.2) is 80.5 Å². The molecule has 628 valence electrons. The van der Waals surface area contributed by atoms with Gasteiger partial charge in [-0.15, -0.1) is 202 Å². The standard InChI is InChI=1S/C15H10N.C13H12FN2.C12H9FN.2C12H10N.C11H8N.4C5H8O2.6Ir/c1-2-7-13(8-3-1)15-14-9-5-4-6-12(14)10-11-16-15;1-15-9-10-6-7-16-13(8-10)11-2-4-12(14)5-3-11;1-9-6-7-14-12(8-9)10-2-4-11(13)5-3-10;1-10-5-4-6-11(9-10)12-7-2-3-8-13-12;1-10-5-7-11(8-6-10)12-4-2-3-9-13-12;1-2-6-10(7-3-1)11-8-4-5-9-12-11;4*1-4(6)3-5(2)7;;;;;;/h1-7,9-11H;2,4-8,15H,9H2,1H3;2,4-8H,1H3;2-5,7-9H,1H3;2-7,9H,1H3;1-6,8-9H;4*3,6H,1-2H3;;;;;;/q6*-1;;;;;;;;;;. The summed E-state index contributed by atoms with van der Waals surface area (Å²) in [5.41, 5.74) is 16.1. The van der Waals surface area contributed by atoms with Gasteiger partial charge in [0, 0.05) is 200 Å². The Bertz CT molecular complexity index is 4930. The Morgan fingerprint density at radius 3 is 1.09 bits per heavy atom. The number of aromatic nitrogens is 6. The molecule has 7 aromatic carbocycles. The number of aryl methyl sites for hydroxylation is 3. The zero-order valence-electron chi connectivity index (χ0n) is 66.8. The fourth-order valence-electron chi connectivity index (χ4n) is 9.31. The number of hydrogen-bond donors (Lipinski definition) is 5. The van der Waals surface area contributed by atoms with Crippen molar-refractivity contribution in [3.63, 3.8) is 0 Å². The first kappa shape index (κ1) is 112. The number of carbonyl (C=O) groups excluding carboxylic acids is 4. The molecule has 0 aliphatic heterocycles. The average molecular weight is 2650 g/mol. The van der Waals surface area contributed by atoms with E-state index < -0.39 is 0 Å². The summed E-state index contributed by atoms with van der Waals surface area (Å²) >= 11 is 0. The molecule has 0 aliphatic carbocycles. The Kier molecular flexibility index (Phi) is 62.1. The van der Waals surface area contributed by atoms with E-state index >= 15 is 0 Å². The molecule has 23 heteroatoms. The normalized spacial score (nSPS) is 9.92. The Morgan fingerprint density at radius 1 is 0.339 bits per heavy atom. The Labute approximate surface area is 773 Å². The van der Waals surface area contributed by atoms with E-state index in [1.807, 2.05) is 190 Å². The van der Waals surface area contributed by atoms with E-state index in [1.165, 1.54) is 126 Å². The van der Waals surface area contributed by atoms with Gasteiger partial charge in [0.25, 0.3) is 0 Å². The molecule has 118 heavy (non-hydrogen) atoms. The maximum absolute atomic E-state index is 12.7. The molecule has 6 radical (unpaired) electrons. The van der Waals surface area contributed by atoms with Crippen molar-refractivity contribution in [3.05, 3.63) is 385 Å². The molecule has 5 N–H and O–H groups in total. The summed E-state index contributed by atoms with van der Waals surface area (Å²) in [5.74, 6) is -0.809. The Balaban J connectivity index is -0.00000126. The number of fused-ring (bicyclic) bond motifs is 1. The molecule has 6 aromatic heterocycles. The van der Waals surface area contributed by atoms with Crippen molar-refractivity contribution in [3.8, 4) is 67.5 Å². The van der Waals surface area contributed by atoms with Crippen LogP contribution >= 0.6 is 0 Å². The second-order valence-corrected chi connectivity index (χ2v) is 24.4. The van der Waals surface area contributed by atoms with E-state index in [4.69, 9.17) is 20.4 Å². The molecule has 0 aliphatic rings. The van der Waals surface area contributed by atoms with E-state index in [2.05, 4.69) is 110 Å². The number of carbonyl (C=O) groups is 4. The van der Waals surface area contributed by atoms with Crippen LogP contribution in [0.1, 0.15) is 77.6 Å². The third-order valence-corrected chi connectivity index (χ3v) is 14.0. The van der Waals surface area contributed by atoms with Crippen LogP contribution in [0.2, 0.25) is 0 Å². The van der Waals surface area contributed by atoms with Crippen molar-refractivity contribution in [2.45, 2.75) is 82.7 Å². The third kappa shape index (κ3) is 49.5. The molecule has 13 rings (SSSR count). The number of aliphatic hydroxyl groups is 4. The second kappa shape index (κ2) is 65.2. The van der Waals surface area contributed by atoms with Gasteiger partial charge in [0.05, 0.1) is 23.0 Å². The van der Waals surface area contributed by atoms with E-state index in [1.54, 1.807) is 43.1 Å². The van der Waals surface area contributed by atoms with Gasteiger partial charge in [-0.05, 0) is 156 Å². The quantitative estimate of drug-likeness (QED) is 0.0434. The van der Waals surface area contributed by atoms with Gasteiger partial charge in [-0.1, -0.05) is 92.2 Å². The number of ketones is 4. The van der Waals surface area contributed by atoms with Crippen molar-refractivity contribution in [2.24, 2.45) is 0 Å². The number of aliphatic hydroxyl groups excluding tert-OH is 4. The first-order chi connectivity index (χ1) is 53.7. The van der Waals surface area contributed by atoms with Gasteiger partial charge in [-0.25, -0.2) is 0 Å². The van der Waals surface area contributed by atoms with E-state index in [0.29, 0.717) is 0 Å². The number of pyridine rings is 6. The number of hydrogen-bond acceptors (Lipinski definition) is 15. The molecule has 0 fully saturated rings. The summed E-state index contributed by atoms with van der Waals surface area (Å²) in [6.07, 6.45) is 15.4. The molecule has 6 heterocycles. The summed E-state index contributed by atoms with van der Waals surface area (Å²) in [4.78, 5) is 65.7. The SMILES string of the molecule is CC(=O)C=C(C)O.CC(=O)C=C(C)O.CC(=O)C=C(C)O.CC(=O)C=C(C)O.CNCc1ccnc(-c2[c-]cc(F)cc2)c1.Cc1c[c-]c(-c2ccccn2)cc1.Cc1cc[c-]c(-c2ccccn2)c1.Cc1ccnc(-c2[c-]cc(F)cc2)c1.[Ir].[Ir].[Ir].[Ir].[Ir].[Ir].[c-]1ccccc1-c1ccccn1.[c-]1ccccc1-c1nccc2ccccc12. The number of allylic oxidation sites excluding steroid dienone is 8. The summed E-state index contributed by atoms with van der Waals surface area (Å²) < 4.78 is 25.4. The zero-order valence-corrected chi connectivity index (χ0v) is 81.2. The van der Waals surface area contributed by atoms with Crippen LogP contribution in [0, 0.1) is 68.8 Å². The molecule has 15 nitrogen and oxygen atoms in total. The summed E-state index contributed by atoms with van der Waals surface area (Å²) in [6.45, 7) is 18.3. The van der Waals surface area contributed by atoms with Gasteiger partial charge < -0.3 is 55.6 Å². The number of rotatable bonds is 12. The summed E-state index contributed by atoms with van der Waals surface area (Å²) in [5, 5.41) is 38.9. The zero-order chi connectivity index (χ0) is 82.0. The second-order valence-electron chi connectivity index (χ2n) is 24.4. The minimum absolute atomic E-state index is 0. The smallest absolute Gasteiger partial charge is 0.155 e. The largest absolute Gasteiger partial charge is 0.512 e. The van der Waals surface area contributed by atoms with Crippen LogP contribution in [0.25, 0.3) is 78.3 Å². The fraction of sp³-hybridized carbons (Fsp3) is 0.137. The molecule has 0 atom stereocenters. The Morgan fingerprint density at radius 2 is 0.712 bits per heavy atom. The Hall–Kier alpha value is -9.74. The van der Waals surface area contributed by atoms with Crippen molar-refractivity contribution in [1.29, 1.82) is 0 Å². The number of benzene rings is 7. The number of nitrogens with zero attached hydrogens (tertiary/aromatic N) is 6. The monoisotopic (exact) mass is 2650 g/mol. The van der Waals surface area contributed by atoms with Crippen molar-refractivity contribution >= 4 is 33.9 Å². The molecular weight excluding hydrogens is 2560 g/mol. The van der Waals surface area contributed by atoms with Crippen LogP contribution in [0.15, 0.2) is 315 Å². The third-order valence-electron chi connectivity index (χ3n) is 14.0. The van der Waals surface area contributed by atoms with Crippen LogP contribution in [0.4, 0.5) is 8.78 Å². The molecule has 0 spiro atoms. The van der Waals surface area contributed by atoms with Gasteiger partial charge >= 0.3 is 0 Å². The average Bonchev–Trinajstić information content (AvgIpc) is 0.807. The van der Waals surface area contributed by atoms with Crippen LogP contribution in [0.5, 0.6) is 0 Å². The molecule has 0 amide bonds. The number of nitrogens with one attached hydrogen (secondary N) is 1. The number of halogens is 2. The topological polar surface area (TPSA) is 239 Å². The van der Waals surface area contributed by atoms with Gasteiger partial charge in [-0.2, -0.15) is 0 Å². The van der Waals surface area contributed by atoms with Crippen molar-refractivity contribution in [1.82, 2.24) is 35.2 Å². The maximum atomic E-state index is 12.7. The minimum atomic E-state index is -0.282. The van der Waals surface area contributed by atoms with Crippen LogP contribution in [-0.2, 0) is 146 Å². The minimum Gasteiger partial charge on any atom is -0.512 e. The molecular formula is C95H91F2Ir6N7O8-6. The molecule has 13 aromatic rings. The van der Waals surface area contributed by atoms with Crippen molar-refractivity contribution < 1.29 is 169 Å². The van der Waals surface area contributed by atoms with Gasteiger partial charge in [-0.3, -0.25) is 28.0 Å². The van der Waals surface area contributed by atoms with Gasteiger partial charge in [0.2, 0.25) is 0 Å². The molecule has 0 unspecified atom stereocenters. The fourth-order valence-corrected chi connectivity index (χ4v) is 9.31. The van der Waals surface area contributed by atoms with E-state index in [0.717, 1.165) is 85.2 Å². The predicted molar refractivity (Wildman–Crippen MR) is 444 cm³/mol. The van der Waals surface area contributed by atoms with E-state index in [-0.39, 0.29) is 178 Å². The first-order valence-corrected chi connectivity index (χ1v) is 35.1. The predicted octanol–water partition coefficient (Wildman–Crippen LogP) is 21.5. The van der Waals surface area contributed by atoms with Crippen LogP contribution < -0.4 is 5.32 Å². The maximum Gasteiger partial charge on any atom is 0.155 e. The summed E-state index contributed by atoms with van der Waals surface area (Å²) in [7, 11) is 1.89. The van der Waals surface area contributed by atoms with E-state index in [9.17, 15) is 28.0 Å². The molecule has 0 saturated heterocycles. The van der Waals surface area contributed by atoms with Gasteiger partial charge in [0.15, 0.2) is 23.1 Å². The first-order valence-electron chi connectivity index (χ1n) is 35.1.